The first-order valence-electron chi connectivity index (χ1n) is 5.25. The molecule has 0 spiro atoms. The van der Waals surface area contributed by atoms with Crippen molar-refractivity contribution >= 4 is 23.4 Å². The first-order chi connectivity index (χ1) is 7.15. The van der Waals surface area contributed by atoms with E-state index in [0.717, 1.165) is 19.4 Å². The zero-order valence-electron chi connectivity index (χ0n) is 8.99. The molecule has 2 N–H and O–H groups in total. The van der Waals surface area contributed by atoms with Gasteiger partial charge >= 0.3 is 6.03 Å². The number of likely N-dealkylation sites (N-methyl/N-ethyl adjacent to an activating group) is 1. The van der Waals surface area contributed by atoms with Crippen LogP contribution in [0.1, 0.15) is 19.8 Å². The summed E-state index contributed by atoms with van der Waals surface area (Å²) in [4.78, 5) is 15.4. The average molecular weight is 228 g/mol. The molecular weight excluding hydrogens is 212 g/mol. The van der Waals surface area contributed by atoms with Gasteiger partial charge in [-0.1, -0.05) is 13.3 Å². The molecule has 2 atom stereocenters. The van der Waals surface area contributed by atoms with Crippen molar-refractivity contribution in [1.29, 1.82) is 0 Å². The van der Waals surface area contributed by atoms with E-state index in [4.69, 9.17) is 12.2 Å². The lowest BCUT2D eigenvalue weighted by Gasteiger charge is -2.21. The molecule has 15 heavy (non-hydrogen) atoms. The number of unbranched alkanes of at least 4 members (excludes halogenated alkanes) is 1. The van der Waals surface area contributed by atoms with E-state index in [9.17, 15) is 4.79 Å². The maximum atomic E-state index is 11.9. The fraction of sp³-hybridized carbons (Fsp3) is 0.778. The molecule has 0 radical (unpaired) electrons. The van der Waals surface area contributed by atoms with E-state index in [1.165, 1.54) is 0 Å². The molecule has 0 aromatic carbocycles. The number of thiocarbonyl (C=S) groups is 1. The highest BCUT2D eigenvalue weighted by Crippen LogP contribution is 2.21. The van der Waals surface area contributed by atoms with Crippen molar-refractivity contribution in [3.63, 3.8) is 0 Å². The number of carbonyl (C=O) groups excluding carboxylic acids is 1. The lowest BCUT2D eigenvalue weighted by atomic mass is 10.3. The maximum Gasteiger partial charge on any atom is 0.323 e. The van der Waals surface area contributed by atoms with E-state index >= 15 is 0 Å². The summed E-state index contributed by atoms with van der Waals surface area (Å²) in [6.45, 7) is 2.91. The fourth-order valence-electron chi connectivity index (χ4n) is 2.03. The van der Waals surface area contributed by atoms with Gasteiger partial charge < -0.3 is 20.4 Å². The highest BCUT2D eigenvalue weighted by Gasteiger charge is 2.47. The molecule has 0 aliphatic carbocycles. The van der Waals surface area contributed by atoms with E-state index in [0.29, 0.717) is 5.11 Å². The molecular formula is C9H16N4OS. The third kappa shape index (κ3) is 1.62. The average Bonchev–Trinajstić information content (AvgIpc) is 2.67. The third-order valence-electron chi connectivity index (χ3n) is 2.91. The van der Waals surface area contributed by atoms with Gasteiger partial charge in [0.25, 0.3) is 0 Å². The number of nitrogens with one attached hydrogen (secondary N) is 2. The first kappa shape index (κ1) is 10.5. The minimum Gasteiger partial charge on any atom is -0.339 e. The Kier molecular flexibility index (Phi) is 2.68. The quantitative estimate of drug-likeness (QED) is 0.681. The van der Waals surface area contributed by atoms with Crippen molar-refractivity contribution in [3.05, 3.63) is 0 Å². The van der Waals surface area contributed by atoms with Crippen LogP contribution in [0.5, 0.6) is 0 Å². The number of hydrogen-bond donors (Lipinski definition) is 2. The number of carbonyl (C=O) groups is 1. The topological polar surface area (TPSA) is 47.6 Å². The summed E-state index contributed by atoms with van der Waals surface area (Å²) in [5.74, 6) is 0. The Morgan fingerprint density at radius 2 is 2.07 bits per heavy atom. The van der Waals surface area contributed by atoms with Gasteiger partial charge in [0.05, 0.1) is 0 Å². The molecule has 5 nitrogen and oxygen atoms in total. The Hall–Kier alpha value is -1.04. The van der Waals surface area contributed by atoms with Crippen molar-refractivity contribution in [2.75, 3.05) is 13.6 Å². The molecule has 2 saturated heterocycles. The van der Waals surface area contributed by atoms with E-state index in [2.05, 4.69) is 17.6 Å². The van der Waals surface area contributed by atoms with Crippen LogP contribution >= 0.6 is 12.2 Å². The second kappa shape index (κ2) is 3.84. The van der Waals surface area contributed by atoms with Crippen molar-refractivity contribution in [2.45, 2.75) is 32.1 Å². The Labute approximate surface area is 94.8 Å². The molecule has 2 rings (SSSR count). The Balaban J connectivity index is 2.09. The summed E-state index contributed by atoms with van der Waals surface area (Å²) in [6.07, 6.45) is 2.10. The molecule has 84 valence electrons. The minimum atomic E-state index is -0.0122. The zero-order valence-corrected chi connectivity index (χ0v) is 9.80. The lowest BCUT2D eigenvalue weighted by molar-refractivity contribution is 0.188. The van der Waals surface area contributed by atoms with Gasteiger partial charge in [-0.3, -0.25) is 0 Å². The Bertz CT molecular complexity index is 296. The molecule has 0 aromatic heterocycles. The zero-order chi connectivity index (χ0) is 11.0. The normalized spacial score (nSPS) is 29.2. The van der Waals surface area contributed by atoms with Gasteiger partial charge in [0.15, 0.2) is 5.11 Å². The van der Waals surface area contributed by atoms with Crippen LogP contribution in [0.2, 0.25) is 0 Å². The summed E-state index contributed by atoms with van der Waals surface area (Å²) in [7, 11) is 1.80. The van der Waals surface area contributed by atoms with Gasteiger partial charge in [-0.25, -0.2) is 4.79 Å². The van der Waals surface area contributed by atoms with E-state index in [-0.39, 0.29) is 18.4 Å². The molecule has 2 aliphatic rings. The minimum absolute atomic E-state index is 0.00144. The monoisotopic (exact) mass is 228 g/mol. The van der Waals surface area contributed by atoms with Crippen LogP contribution in [-0.2, 0) is 0 Å². The highest BCUT2D eigenvalue weighted by molar-refractivity contribution is 7.80. The number of amides is 2. The van der Waals surface area contributed by atoms with Gasteiger partial charge in [0, 0.05) is 13.6 Å². The second-order valence-electron chi connectivity index (χ2n) is 3.95. The van der Waals surface area contributed by atoms with Crippen molar-refractivity contribution in [1.82, 2.24) is 20.4 Å². The van der Waals surface area contributed by atoms with Gasteiger partial charge in [-0.15, -0.1) is 0 Å². The van der Waals surface area contributed by atoms with Crippen molar-refractivity contribution in [3.8, 4) is 0 Å². The van der Waals surface area contributed by atoms with Gasteiger partial charge in [0.1, 0.15) is 12.3 Å². The number of urea groups is 1. The predicted molar refractivity (Wildman–Crippen MR) is 61.2 cm³/mol. The van der Waals surface area contributed by atoms with E-state index in [1.54, 1.807) is 11.9 Å². The maximum absolute atomic E-state index is 11.9. The number of fused-ring (bicyclic) bond motifs is 1. The summed E-state index contributed by atoms with van der Waals surface area (Å²) < 4.78 is 0. The molecule has 0 bridgehead atoms. The number of nitrogens with zero attached hydrogens (tertiary/aromatic N) is 2. The molecule has 0 unspecified atom stereocenters. The summed E-state index contributed by atoms with van der Waals surface area (Å²) in [6, 6.07) is 0.0703. The van der Waals surface area contributed by atoms with Crippen LogP contribution in [-0.4, -0.2) is 46.9 Å². The van der Waals surface area contributed by atoms with E-state index < -0.39 is 0 Å². The van der Waals surface area contributed by atoms with E-state index in [1.807, 2.05) is 4.90 Å². The summed E-state index contributed by atoms with van der Waals surface area (Å²) >= 11 is 5.04. The first-order valence-corrected chi connectivity index (χ1v) is 5.66. The molecule has 6 heteroatoms. The van der Waals surface area contributed by atoms with Crippen LogP contribution < -0.4 is 10.6 Å². The Morgan fingerprint density at radius 1 is 1.40 bits per heavy atom. The smallest absolute Gasteiger partial charge is 0.323 e. The van der Waals surface area contributed by atoms with Crippen molar-refractivity contribution < 1.29 is 4.79 Å². The van der Waals surface area contributed by atoms with Gasteiger partial charge in [-0.2, -0.15) is 0 Å². The third-order valence-corrected chi connectivity index (χ3v) is 3.15. The summed E-state index contributed by atoms with van der Waals surface area (Å²) in [5.41, 5.74) is 0. The molecule has 0 saturated carbocycles. The standard InChI is InChI=1S/C9H16N4OS/c1-3-4-5-13-7-6(10-8(15)11-7)12(2)9(13)14/h6-7H,3-5H2,1-2H3,(H2,10,11,15)/t6-,7+/m1/s1. The Morgan fingerprint density at radius 3 is 2.73 bits per heavy atom. The highest BCUT2D eigenvalue weighted by atomic mass is 32.1. The van der Waals surface area contributed by atoms with Crippen LogP contribution in [0, 0.1) is 0 Å². The SMILES string of the molecule is CCCCN1C(=O)N(C)[C@H]2NC(=S)N[C@H]21. The number of rotatable bonds is 3. The predicted octanol–water partition coefficient (Wildman–Crippen LogP) is 0.284. The van der Waals surface area contributed by atoms with Crippen LogP contribution in [0.15, 0.2) is 0 Å². The van der Waals surface area contributed by atoms with Crippen molar-refractivity contribution in [2.24, 2.45) is 0 Å². The molecule has 2 aliphatic heterocycles. The molecule has 0 aromatic rings. The lowest BCUT2D eigenvalue weighted by Crippen LogP contribution is -2.43. The molecule has 2 heterocycles. The molecule has 2 amide bonds. The van der Waals surface area contributed by atoms with Gasteiger partial charge in [-0.05, 0) is 18.6 Å². The second-order valence-corrected chi connectivity index (χ2v) is 4.36. The number of hydrogen-bond acceptors (Lipinski definition) is 2. The summed E-state index contributed by atoms with van der Waals surface area (Å²) in [5, 5.41) is 6.84. The van der Waals surface area contributed by atoms with Crippen LogP contribution in [0.3, 0.4) is 0 Å². The van der Waals surface area contributed by atoms with Gasteiger partial charge in [0.2, 0.25) is 0 Å². The van der Waals surface area contributed by atoms with Crippen LogP contribution in [0.25, 0.3) is 0 Å². The molecule has 2 fully saturated rings. The fourth-order valence-corrected chi connectivity index (χ4v) is 2.27. The largest absolute Gasteiger partial charge is 0.339 e. The van der Waals surface area contributed by atoms with Crippen LogP contribution in [0.4, 0.5) is 4.79 Å².